The zero-order valence-electron chi connectivity index (χ0n) is 10.7. The molecule has 4 nitrogen and oxygen atoms in total. The number of nitrogens with zero attached hydrogens (tertiary/aromatic N) is 1. The van der Waals surface area contributed by atoms with E-state index >= 15 is 0 Å². The maximum absolute atomic E-state index is 9.24. The Balaban J connectivity index is 2.02. The Morgan fingerprint density at radius 2 is 2.00 bits per heavy atom. The van der Waals surface area contributed by atoms with Gasteiger partial charge >= 0.3 is 0 Å². The van der Waals surface area contributed by atoms with E-state index < -0.39 is 0 Å². The Morgan fingerprint density at radius 3 is 2.61 bits per heavy atom. The van der Waals surface area contributed by atoms with Gasteiger partial charge in [0.05, 0.1) is 6.61 Å². The van der Waals surface area contributed by atoms with Gasteiger partial charge in [-0.25, -0.2) is 0 Å². The van der Waals surface area contributed by atoms with Gasteiger partial charge in [-0.15, -0.1) is 0 Å². The van der Waals surface area contributed by atoms with E-state index in [1.165, 1.54) is 5.56 Å². The molecule has 96 valence electrons. The average Bonchev–Trinajstić information content (AvgIpc) is 2.77. The largest absolute Gasteiger partial charge is 0.487 e. The summed E-state index contributed by atoms with van der Waals surface area (Å²) in [5, 5.41) is 16.2. The van der Waals surface area contributed by atoms with Crippen LogP contribution in [0.1, 0.15) is 29.4 Å². The van der Waals surface area contributed by atoms with E-state index in [0.29, 0.717) is 6.61 Å². The molecule has 0 fully saturated rings. The first-order chi connectivity index (χ1) is 8.74. The number of rotatable bonds is 5. The number of aromatic amines is 1. The lowest BCUT2D eigenvalue weighted by Gasteiger charge is -2.06. The Kier molecular flexibility index (Phi) is 3.99. The Bertz CT molecular complexity index is 503. The first kappa shape index (κ1) is 12.6. The molecule has 1 aromatic carbocycles. The van der Waals surface area contributed by atoms with Crippen LogP contribution in [0.3, 0.4) is 0 Å². The van der Waals surface area contributed by atoms with Crippen molar-refractivity contribution in [2.45, 2.75) is 33.5 Å². The zero-order chi connectivity index (χ0) is 13.0. The van der Waals surface area contributed by atoms with Gasteiger partial charge in [-0.2, -0.15) is 5.10 Å². The predicted octanol–water partition coefficient (Wildman–Crippen LogP) is 2.35. The van der Waals surface area contributed by atoms with E-state index in [4.69, 9.17) is 4.74 Å². The average molecular weight is 246 g/mol. The first-order valence-corrected chi connectivity index (χ1v) is 6.10. The van der Waals surface area contributed by atoms with Crippen LogP contribution in [0.15, 0.2) is 24.3 Å². The summed E-state index contributed by atoms with van der Waals surface area (Å²) in [4.78, 5) is 0. The number of aliphatic hydroxyl groups excluding tert-OH is 1. The molecule has 18 heavy (non-hydrogen) atoms. The van der Waals surface area contributed by atoms with Crippen molar-refractivity contribution in [3.05, 3.63) is 46.8 Å². The summed E-state index contributed by atoms with van der Waals surface area (Å²) < 4.78 is 5.65. The Labute approximate surface area is 107 Å². The molecule has 0 radical (unpaired) electrons. The quantitative estimate of drug-likeness (QED) is 0.851. The summed E-state index contributed by atoms with van der Waals surface area (Å²) in [5.41, 5.74) is 3.75. The maximum atomic E-state index is 9.24. The van der Waals surface area contributed by atoms with E-state index in [9.17, 15) is 5.11 Å². The normalized spacial score (nSPS) is 10.6. The molecule has 0 bridgehead atoms. The van der Waals surface area contributed by atoms with E-state index in [1.807, 2.05) is 19.1 Å². The van der Waals surface area contributed by atoms with E-state index in [2.05, 4.69) is 29.3 Å². The molecule has 2 rings (SSSR count). The van der Waals surface area contributed by atoms with Gasteiger partial charge in [-0.3, -0.25) is 5.10 Å². The summed E-state index contributed by atoms with van der Waals surface area (Å²) >= 11 is 0. The summed E-state index contributed by atoms with van der Waals surface area (Å²) in [6, 6.07) is 8.02. The number of aromatic nitrogens is 2. The molecule has 0 aliphatic carbocycles. The van der Waals surface area contributed by atoms with Crippen LogP contribution in [0.25, 0.3) is 0 Å². The molecule has 0 unspecified atom stereocenters. The van der Waals surface area contributed by atoms with Gasteiger partial charge < -0.3 is 9.84 Å². The van der Waals surface area contributed by atoms with Crippen molar-refractivity contribution in [3.63, 3.8) is 0 Å². The van der Waals surface area contributed by atoms with Crippen LogP contribution in [-0.4, -0.2) is 15.3 Å². The molecule has 2 N–H and O–H groups in total. The number of H-pyrrole nitrogens is 1. The van der Waals surface area contributed by atoms with Crippen LogP contribution >= 0.6 is 0 Å². The van der Waals surface area contributed by atoms with Gasteiger partial charge in [0, 0.05) is 11.3 Å². The van der Waals surface area contributed by atoms with E-state index in [1.54, 1.807) is 0 Å². The Morgan fingerprint density at radius 1 is 1.28 bits per heavy atom. The number of ether oxygens (including phenoxy) is 1. The molecule has 1 aromatic heterocycles. The third-order valence-electron chi connectivity index (χ3n) is 3.02. The second kappa shape index (κ2) is 5.69. The highest BCUT2D eigenvalue weighted by Crippen LogP contribution is 2.16. The molecule has 0 spiro atoms. The molecule has 0 atom stereocenters. The van der Waals surface area contributed by atoms with Crippen molar-refractivity contribution in [1.82, 2.24) is 10.2 Å². The fraction of sp³-hybridized carbons (Fsp3) is 0.357. The van der Waals surface area contributed by atoms with E-state index in [-0.39, 0.29) is 6.61 Å². The third kappa shape index (κ3) is 2.71. The number of hydrogen-bond acceptors (Lipinski definition) is 3. The molecule has 1 heterocycles. The summed E-state index contributed by atoms with van der Waals surface area (Å²) in [5.74, 6) is 0.816. The smallest absolute Gasteiger partial charge is 0.132 e. The van der Waals surface area contributed by atoms with Gasteiger partial charge in [-0.1, -0.05) is 19.1 Å². The summed E-state index contributed by atoms with van der Waals surface area (Å²) in [6.07, 6.45) is 1.02. The number of benzene rings is 1. The second-order valence-corrected chi connectivity index (χ2v) is 4.22. The van der Waals surface area contributed by atoms with Gasteiger partial charge in [0.2, 0.25) is 0 Å². The molecular formula is C14H18N2O2. The van der Waals surface area contributed by atoms with Crippen LogP contribution in [0, 0.1) is 6.92 Å². The molecule has 2 aromatic rings. The highest BCUT2D eigenvalue weighted by Gasteiger charge is 2.09. The fourth-order valence-corrected chi connectivity index (χ4v) is 1.81. The fourth-order valence-electron chi connectivity index (χ4n) is 1.81. The van der Waals surface area contributed by atoms with E-state index in [0.717, 1.165) is 29.1 Å². The standard InChI is InChI=1S/C14H18N2O2/c1-3-11-4-6-12(7-5-11)18-9-14-13(8-17)10(2)15-16-14/h4-7,17H,3,8-9H2,1-2H3,(H,15,16). The lowest BCUT2D eigenvalue weighted by molar-refractivity contribution is 0.267. The number of aryl methyl sites for hydroxylation is 2. The molecular weight excluding hydrogens is 228 g/mol. The lowest BCUT2D eigenvalue weighted by Crippen LogP contribution is -2.00. The van der Waals surface area contributed by atoms with Gasteiger partial charge in [0.15, 0.2) is 0 Å². The summed E-state index contributed by atoms with van der Waals surface area (Å²) in [6.45, 7) is 4.36. The van der Waals surface area contributed by atoms with Crippen molar-refractivity contribution in [1.29, 1.82) is 0 Å². The minimum atomic E-state index is -0.0181. The van der Waals surface area contributed by atoms with Crippen molar-refractivity contribution < 1.29 is 9.84 Å². The van der Waals surface area contributed by atoms with Gasteiger partial charge in [-0.05, 0) is 31.0 Å². The number of aliphatic hydroxyl groups is 1. The molecule has 0 amide bonds. The van der Waals surface area contributed by atoms with Crippen LogP contribution in [-0.2, 0) is 19.6 Å². The topological polar surface area (TPSA) is 58.1 Å². The van der Waals surface area contributed by atoms with Crippen LogP contribution < -0.4 is 4.74 Å². The number of hydrogen-bond donors (Lipinski definition) is 2. The second-order valence-electron chi connectivity index (χ2n) is 4.22. The minimum absolute atomic E-state index is 0.0181. The maximum Gasteiger partial charge on any atom is 0.132 e. The lowest BCUT2D eigenvalue weighted by atomic mass is 10.2. The highest BCUT2D eigenvalue weighted by molar-refractivity contribution is 5.28. The van der Waals surface area contributed by atoms with Gasteiger partial charge in [0.1, 0.15) is 18.1 Å². The SMILES string of the molecule is CCc1ccc(OCc2n[nH]c(C)c2CO)cc1. The van der Waals surface area contributed by atoms with Crippen LogP contribution in [0.5, 0.6) is 5.75 Å². The molecule has 4 heteroatoms. The predicted molar refractivity (Wildman–Crippen MR) is 69.4 cm³/mol. The molecule has 0 aliphatic rings. The highest BCUT2D eigenvalue weighted by atomic mass is 16.5. The Hall–Kier alpha value is -1.81. The summed E-state index contributed by atoms with van der Waals surface area (Å²) in [7, 11) is 0. The molecule has 0 saturated carbocycles. The minimum Gasteiger partial charge on any atom is -0.487 e. The molecule has 0 saturated heterocycles. The van der Waals surface area contributed by atoms with Crippen molar-refractivity contribution in [3.8, 4) is 5.75 Å². The first-order valence-electron chi connectivity index (χ1n) is 6.10. The zero-order valence-corrected chi connectivity index (χ0v) is 10.7. The van der Waals surface area contributed by atoms with Crippen molar-refractivity contribution >= 4 is 0 Å². The van der Waals surface area contributed by atoms with Crippen LogP contribution in [0.4, 0.5) is 0 Å². The van der Waals surface area contributed by atoms with Gasteiger partial charge in [0.25, 0.3) is 0 Å². The molecule has 0 aliphatic heterocycles. The third-order valence-corrected chi connectivity index (χ3v) is 3.02. The van der Waals surface area contributed by atoms with Crippen molar-refractivity contribution in [2.75, 3.05) is 0 Å². The monoisotopic (exact) mass is 246 g/mol. The number of nitrogens with one attached hydrogen (secondary N) is 1. The van der Waals surface area contributed by atoms with Crippen molar-refractivity contribution in [2.24, 2.45) is 0 Å². The van der Waals surface area contributed by atoms with Crippen LogP contribution in [0.2, 0.25) is 0 Å².